The molecule has 0 aliphatic heterocycles. The van der Waals surface area contributed by atoms with Crippen molar-refractivity contribution in [2.45, 2.75) is 6.42 Å². The summed E-state index contributed by atoms with van der Waals surface area (Å²) in [6.07, 6.45) is 2.22. The number of aromatic nitrogens is 2. The quantitative estimate of drug-likeness (QED) is 0.291. The van der Waals surface area contributed by atoms with E-state index in [1.165, 1.54) is 11.8 Å². The fourth-order valence-corrected chi connectivity index (χ4v) is 3.06. The molecule has 160 valence electrons. The molecule has 32 heavy (non-hydrogen) atoms. The first-order valence-corrected chi connectivity index (χ1v) is 10.1. The Kier molecular flexibility index (Phi) is 6.57. The molecule has 0 radical (unpaired) electrons. The van der Waals surface area contributed by atoms with Gasteiger partial charge in [-0.3, -0.25) is 9.89 Å². The van der Waals surface area contributed by atoms with Crippen LogP contribution in [0.15, 0.2) is 90.0 Å². The maximum Gasteiger partial charge on any atom is 0.289 e. The van der Waals surface area contributed by atoms with E-state index in [4.69, 9.17) is 4.74 Å². The first kappa shape index (κ1) is 20.9. The highest BCUT2D eigenvalue weighted by Gasteiger charge is 2.10. The Hall–Kier alpha value is -4.39. The summed E-state index contributed by atoms with van der Waals surface area (Å²) >= 11 is 0. The highest BCUT2D eigenvalue weighted by atomic mass is 16.5. The van der Waals surface area contributed by atoms with E-state index in [1.807, 2.05) is 42.5 Å². The maximum atomic E-state index is 12.3. The van der Waals surface area contributed by atoms with Crippen LogP contribution in [0.2, 0.25) is 0 Å². The van der Waals surface area contributed by atoms with Crippen molar-refractivity contribution < 1.29 is 14.6 Å². The number of amides is 1. The van der Waals surface area contributed by atoms with Crippen LogP contribution in [-0.4, -0.2) is 34.0 Å². The number of para-hydroxylation sites is 1. The predicted octanol–water partition coefficient (Wildman–Crippen LogP) is 4.17. The molecule has 0 fully saturated rings. The van der Waals surface area contributed by atoms with Crippen molar-refractivity contribution in [2.24, 2.45) is 5.10 Å². The monoisotopic (exact) mass is 426 g/mol. The van der Waals surface area contributed by atoms with E-state index in [0.717, 1.165) is 17.7 Å². The zero-order valence-corrected chi connectivity index (χ0v) is 17.2. The molecular formula is C25H22N4O3. The number of phenols is 1. The lowest BCUT2D eigenvalue weighted by Gasteiger charge is -2.06. The Balaban J connectivity index is 1.31. The molecule has 1 heterocycles. The molecular weight excluding hydrogens is 404 g/mol. The molecule has 4 aromatic rings. The summed E-state index contributed by atoms with van der Waals surface area (Å²) < 4.78 is 5.81. The van der Waals surface area contributed by atoms with Gasteiger partial charge in [0.1, 0.15) is 17.2 Å². The van der Waals surface area contributed by atoms with E-state index in [2.05, 4.69) is 32.9 Å². The number of rotatable bonds is 8. The number of ether oxygens (including phenoxy) is 1. The van der Waals surface area contributed by atoms with Gasteiger partial charge in [0, 0.05) is 17.5 Å². The van der Waals surface area contributed by atoms with Crippen molar-refractivity contribution in [3.8, 4) is 22.8 Å². The molecule has 7 heteroatoms. The standard InChI is InChI=1S/C25H22N4O3/c30-24-9-5-4-8-20(24)17-26-29-25(31)23-16-22(27-28-23)19-10-12-21(13-11-19)32-15-14-18-6-2-1-3-7-18/h1-13,16-17,30H,14-15H2,(H,27,28)(H,29,31)/b26-17+. The lowest BCUT2D eigenvalue weighted by atomic mass is 10.1. The number of nitrogens with zero attached hydrogens (tertiary/aromatic N) is 2. The Morgan fingerprint density at radius 1 is 1.03 bits per heavy atom. The highest BCUT2D eigenvalue weighted by Crippen LogP contribution is 2.21. The third-order valence-corrected chi connectivity index (χ3v) is 4.78. The molecule has 4 rings (SSSR count). The number of hydrogen-bond acceptors (Lipinski definition) is 5. The number of carbonyl (C=O) groups is 1. The molecule has 3 N–H and O–H groups in total. The molecule has 0 saturated carbocycles. The Morgan fingerprint density at radius 2 is 1.78 bits per heavy atom. The van der Waals surface area contributed by atoms with Crippen LogP contribution in [-0.2, 0) is 6.42 Å². The van der Waals surface area contributed by atoms with Gasteiger partial charge in [-0.1, -0.05) is 42.5 Å². The van der Waals surface area contributed by atoms with Crippen LogP contribution in [0.1, 0.15) is 21.6 Å². The molecule has 1 amide bonds. The zero-order chi connectivity index (χ0) is 22.2. The molecule has 3 aromatic carbocycles. The lowest BCUT2D eigenvalue weighted by Crippen LogP contribution is -2.18. The van der Waals surface area contributed by atoms with Gasteiger partial charge in [0.05, 0.1) is 18.5 Å². The van der Waals surface area contributed by atoms with Gasteiger partial charge in [-0.05, 0) is 48.0 Å². The molecule has 0 unspecified atom stereocenters. The Labute approximate surface area is 185 Å². The van der Waals surface area contributed by atoms with E-state index < -0.39 is 5.91 Å². The Bertz CT molecular complexity index is 1200. The number of aromatic amines is 1. The van der Waals surface area contributed by atoms with Crippen LogP contribution in [0.3, 0.4) is 0 Å². The van der Waals surface area contributed by atoms with Crippen LogP contribution in [0.5, 0.6) is 11.5 Å². The Morgan fingerprint density at radius 3 is 2.56 bits per heavy atom. The lowest BCUT2D eigenvalue weighted by molar-refractivity contribution is 0.0950. The maximum absolute atomic E-state index is 12.3. The number of hydrogen-bond donors (Lipinski definition) is 3. The summed E-state index contributed by atoms with van der Waals surface area (Å²) in [6, 6.07) is 26.1. The van der Waals surface area contributed by atoms with Crippen molar-refractivity contribution in [3.05, 3.63) is 102 Å². The summed E-state index contributed by atoms with van der Waals surface area (Å²) in [5.74, 6) is 0.426. The SMILES string of the molecule is O=C(N/N=C/c1ccccc1O)c1cc(-c2ccc(OCCc3ccccc3)cc2)n[nH]1. The predicted molar refractivity (Wildman–Crippen MR) is 123 cm³/mol. The smallest absolute Gasteiger partial charge is 0.289 e. The number of H-pyrrole nitrogens is 1. The number of phenolic OH excluding ortho intramolecular Hbond substituents is 1. The highest BCUT2D eigenvalue weighted by molar-refractivity contribution is 5.94. The van der Waals surface area contributed by atoms with Gasteiger partial charge in [-0.25, -0.2) is 5.43 Å². The molecule has 0 atom stereocenters. The minimum absolute atomic E-state index is 0.0850. The molecule has 1 aromatic heterocycles. The number of benzene rings is 3. The molecule has 0 bridgehead atoms. The number of hydrazone groups is 1. The van der Waals surface area contributed by atoms with Crippen LogP contribution >= 0.6 is 0 Å². The second-order valence-electron chi connectivity index (χ2n) is 7.03. The third kappa shape index (κ3) is 5.40. The fraction of sp³-hybridized carbons (Fsp3) is 0.0800. The van der Waals surface area contributed by atoms with Crippen LogP contribution in [0.25, 0.3) is 11.3 Å². The van der Waals surface area contributed by atoms with Crippen molar-refractivity contribution in [2.75, 3.05) is 6.61 Å². The summed E-state index contributed by atoms with van der Waals surface area (Å²) in [5, 5.41) is 20.5. The van der Waals surface area contributed by atoms with E-state index in [-0.39, 0.29) is 11.4 Å². The first-order chi connectivity index (χ1) is 15.7. The van der Waals surface area contributed by atoms with E-state index in [9.17, 15) is 9.90 Å². The number of aromatic hydroxyl groups is 1. The summed E-state index contributed by atoms with van der Waals surface area (Å²) in [7, 11) is 0. The van der Waals surface area contributed by atoms with Crippen molar-refractivity contribution in [1.82, 2.24) is 15.6 Å². The average molecular weight is 426 g/mol. The van der Waals surface area contributed by atoms with Gasteiger partial charge in [-0.15, -0.1) is 0 Å². The number of carbonyl (C=O) groups excluding carboxylic acids is 1. The minimum Gasteiger partial charge on any atom is -0.507 e. The second-order valence-corrected chi connectivity index (χ2v) is 7.03. The van der Waals surface area contributed by atoms with E-state index in [0.29, 0.717) is 17.9 Å². The van der Waals surface area contributed by atoms with Gasteiger partial charge < -0.3 is 9.84 Å². The summed E-state index contributed by atoms with van der Waals surface area (Å²) in [6.45, 7) is 0.595. The number of nitrogens with one attached hydrogen (secondary N) is 2. The second kappa shape index (κ2) is 10.1. The zero-order valence-electron chi connectivity index (χ0n) is 17.2. The fourth-order valence-electron chi connectivity index (χ4n) is 3.06. The molecule has 0 spiro atoms. The van der Waals surface area contributed by atoms with Gasteiger partial charge >= 0.3 is 0 Å². The van der Waals surface area contributed by atoms with E-state index >= 15 is 0 Å². The van der Waals surface area contributed by atoms with Crippen LogP contribution in [0.4, 0.5) is 0 Å². The van der Waals surface area contributed by atoms with Crippen molar-refractivity contribution in [1.29, 1.82) is 0 Å². The van der Waals surface area contributed by atoms with Crippen LogP contribution < -0.4 is 10.2 Å². The van der Waals surface area contributed by atoms with Crippen molar-refractivity contribution in [3.63, 3.8) is 0 Å². The van der Waals surface area contributed by atoms with E-state index in [1.54, 1.807) is 30.3 Å². The first-order valence-electron chi connectivity index (χ1n) is 10.1. The normalized spacial score (nSPS) is 10.9. The van der Waals surface area contributed by atoms with Gasteiger partial charge in [0.25, 0.3) is 5.91 Å². The van der Waals surface area contributed by atoms with Gasteiger partial charge in [0.15, 0.2) is 0 Å². The summed E-state index contributed by atoms with van der Waals surface area (Å²) in [5.41, 5.74) is 5.92. The topological polar surface area (TPSA) is 99.6 Å². The average Bonchev–Trinajstić information content (AvgIpc) is 3.32. The summed E-state index contributed by atoms with van der Waals surface area (Å²) in [4.78, 5) is 12.3. The van der Waals surface area contributed by atoms with Crippen molar-refractivity contribution >= 4 is 12.1 Å². The molecule has 0 aliphatic carbocycles. The molecule has 7 nitrogen and oxygen atoms in total. The largest absolute Gasteiger partial charge is 0.507 e. The molecule has 0 saturated heterocycles. The van der Waals surface area contributed by atoms with Gasteiger partial charge in [-0.2, -0.15) is 10.2 Å². The molecule has 0 aliphatic rings. The minimum atomic E-state index is -0.434. The van der Waals surface area contributed by atoms with Gasteiger partial charge in [0.2, 0.25) is 0 Å². The van der Waals surface area contributed by atoms with Crippen LogP contribution in [0, 0.1) is 0 Å². The third-order valence-electron chi connectivity index (χ3n) is 4.78.